The Morgan fingerprint density at radius 3 is 2.58 bits per heavy atom. The van der Waals surface area contributed by atoms with E-state index in [0.29, 0.717) is 12.2 Å². The van der Waals surface area contributed by atoms with Crippen molar-refractivity contribution in [3.63, 3.8) is 0 Å². The fourth-order valence-corrected chi connectivity index (χ4v) is 1.92. The number of carbonyl (C=O) groups excluding carboxylic acids is 1. The summed E-state index contributed by atoms with van der Waals surface area (Å²) in [5, 5.41) is 2.84. The van der Waals surface area contributed by atoms with Gasteiger partial charge in [0.05, 0.1) is 0 Å². The molecule has 0 saturated heterocycles. The Kier molecular flexibility index (Phi) is 4.00. The van der Waals surface area contributed by atoms with Crippen molar-refractivity contribution >= 4 is 5.91 Å². The fourth-order valence-electron chi connectivity index (χ4n) is 1.92. The summed E-state index contributed by atoms with van der Waals surface area (Å²) < 4.78 is 14.7. The minimum absolute atomic E-state index is 0.0855. The van der Waals surface area contributed by atoms with E-state index in [-0.39, 0.29) is 11.7 Å². The summed E-state index contributed by atoms with van der Waals surface area (Å²) in [6, 6.07) is 8.06. The summed E-state index contributed by atoms with van der Waals surface area (Å²) in [4.78, 5) is 11.9. The molecule has 19 heavy (non-hydrogen) atoms. The Labute approximate surface area is 112 Å². The van der Waals surface area contributed by atoms with Crippen molar-refractivity contribution in [2.24, 2.45) is 7.05 Å². The second-order valence-electron chi connectivity index (χ2n) is 4.49. The summed E-state index contributed by atoms with van der Waals surface area (Å²) in [6.45, 7) is 2.67. The van der Waals surface area contributed by atoms with Crippen LogP contribution >= 0.6 is 0 Å². The molecule has 1 heterocycles. The van der Waals surface area contributed by atoms with Gasteiger partial charge in [-0.3, -0.25) is 4.79 Å². The van der Waals surface area contributed by atoms with Crippen LogP contribution in [-0.4, -0.2) is 17.0 Å². The van der Waals surface area contributed by atoms with Crippen molar-refractivity contribution in [1.82, 2.24) is 9.88 Å². The van der Waals surface area contributed by atoms with E-state index in [9.17, 15) is 9.18 Å². The molecule has 0 saturated carbocycles. The lowest BCUT2D eigenvalue weighted by molar-refractivity contribution is 0.0945. The van der Waals surface area contributed by atoms with Gasteiger partial charge in [-0.05, 0) is 30.2 Å². The number of amides is 1. The van der Waals surface area contributed by atoms with Gasteiger partial charge in [0, 0.05) is 25.4 Å². The van der Waals surface area contributed by atoms with Crippen LogP contribution in [0.5, 0.6) is 0 Å². The summed E-state index contributed by atoms with van der Waals surface area (Å²) in [5.41, 5.74) is 2.41. The third kappa shape index (κ3) is 3.02. The first-order valence-corrected chi connectivity index (χ1v) is 6.32. The molecule has 0 spiro atoms. The molecule has 0 unspecified atom stereocenters. The molecule has 0 radical (unpaired) electrons. The van der Waals surface area contributed by atoms with Crippen molar-refractivity contribution in [3.05, 3.63) is 48.0 Å². The molecule has 3 nitrogen and oxygen atoms in total. The minimum atomic E-state index is -0.263. The van der Waals surface area contributed by atoms with Crippen molar-refractivity contribution < 1.29 is 9.18 Å². The van der Waals surface area contributed by atoms with Crippen LogP contribution in [-0.2, 0) is 7.05 Å². The monoisotopic (exact) mass is 260 g/mol. The standard InChI is InChI=1S/C15H17FN2O/c1-3-8-17-15(19)14-9-12(10-18(14)2)11-4-6-13(16)7-5-11/h4-7,9-10H,3,8H2,1-2H3,(H,17,19). The van der Waals surface area contributed by atoms with E-state index >= 15 is 0 Å². The smallest absolute Gasteiger partial charge is 0.267 e. The Balaban J connectivity index is 2.25. The maximum Gasteiger partial charge on any atom is 0.267 e. The van der Waals surface area contributed by atoms with Crippen LogP contribution in [0.1, 0.15) is 23.8 Å². The molecule has 100 valence electrons. The molecule has 1 amide bonds. The summed E-state index contributed by atoms with van der Waals surface area (Å²) in [5.74, 6) is -0.349. The van der Waals surface area contributed by atoms with Gasteiger partial charge in [0.15, 0.2) is 0 Å². The number of nitrogens with zero attached hydrogens (tertiary/aromatic N) is 1. The maximum absolute atomic E-state index is 12.9. The van der Waals surface area contributed by atoms with Gasteiger partial charge in [0.1, 0.15) is 11.5 Å². The molecule has 0 aliphatic carbocycles. The zero-order valence-electron chi connectivity index (χ0n) is 11.1. The Morgan fingerprint density at radius 2 is 1.95 bits per heavy atom. The molecule has 1 aromatic heterocycles. The number of aromatic nitrogens is 1. The van der Waals surface area contributed by atoms with Gasteiger partial charge in [-0.2, -0.15) is 0 Å². The Bertz CT molecular complexity index is 572. The number of benzene rings is 1. The Morgan fingerprint density at radius 1 is 1.26 bits per heavy atom. The van der Waals surface area contributed by atoms with E-state index in [1.54, 1.807) is 16.7 Å². The molecule has 0 bridgehead atoms. The van der Waals surface area contributed by atoms with Crippen molar-refractivity contribution in [3.8, 4) is 11.1 Å². The van der Waals surface area contributed by atoms with Crippen LogP contribution in [0.25, 0.3) is 11.1 Å². The maximum atomic E-state index is 12.9. The van der Waals surface area contributed by atoms with E-state index in [2.05, 4.69) is 5.32 Å². The second kappa shape index (κ2) is 5.69. The number of hydrogen-bond acceptors (Lipinski definition) is 1. The van der Waals surface area contributed by atoms with Crippen molar-refractivity contribution in [2.45, 2.75) is 13.3 Å². The van der Waals surface area contributed by atoms with E-state index in [1.165, 1.54) is 12.1 Å². The van der Waals surface area contributed by atoms with Crippen LogP contribution in [0.15, 0.2) is 36.5 Å². The third-order valence-electron chi connectivity index (χ3n) is 2.95. The summed E-state index contributed by atoms with van der Waals surface area (Å²) in [7, 11) is 1.83. The number of hydrogen-bond donors (Lipinski definition) is 1. The highest BCUT2D eigenvalue weighted by Gasteiger charge is 2.11. The molecule has 0 aliphatic rings. The predicted molar refractivity (Wildman–Crippen MR) is 73.4 cm³/mol. The third-order valence-corrected chi connectivity index (χ3v) is 2.95. The van der Waals surface area contributed by atoms with Crippen LogP contribution in [0.2, 0.25) is 0 Å². The lowest BCUT2D eigenvalue weighted by atomic mass is 10.1. The highest BCUT2D eigenvalue weighted by molar-refractivity contribution is 5.94. The fraction of sp³-hybridized carbons (Fsp3) is 0.267. The number of carbonyl (C=O) groups is 1. The van der Waals surface area contributed by atoms with E-state index in [0.717, 1.165) is 17.5 Å². The van der Waals surface area contributed by atoms with E-state index in [1.807, 2.05) is 26.2 Å². The molecule has 1 aromatic carbocycles. The van der Waals surface area contributed by atoms with Crippen LogP contribution in [0.4, 0.5) is 4.39 Å². The summed E-state index contributed by atoms with van der Waals surface area (Å²) >= 11 is 0. The molecule has 1 N–H and O–H groups in total. The van der Waals surface area contributed by atoms with Crippen LogP contribution in [0, 0.1) is 5.82 Å². The van der Waals surface area contributed by atoms with E-state index in [4.69, 9.17) is 0 Å². The average molecular weight is 260 g/mol. The number of aryl methyl sites for hydroxylation is 1. The number of rotatable bonds is 4. The topological polar surface area (TPSA) is 34.0 Å². The summed E-state index contributed by atoms with van der Waals surface area (Å²) in [6.07, 6.45) is 2.77. The molecule has 2 aromatic rings. The van der Waals surface area contributed by atoms with Gasteiger partial charge < -0.3 is 9.88 Å². The molecule has 0 atom stereocenters. The SMILES string of the molecule is CCCNC(=O)c1cc(-c2ccc(F)cc2)cn1C. The lowest BCUT2D eigenvalue weighted by Gasteiger charge is -2.03. The molecule has 0 fully saturated rings. The molecular formula is C15H17FN2O. The zero-order chi connectivity index (χ0) is 13.8. The normalized spacial score (nSPS) is 10.5. The number of nitrogens with one attached hydrogen (secondary N) is 1. The van der Waals surface area contributed by atoms with Gasteiger partial charge in [-0.25, -0.2) is 4.39 Å². The Hall–Kier alpha value is -2.10. The van der Waals surface area contributed by atoms with Crippen LogP contribution < -0.4 is 5.32 Å². The van der Waals surface area contributed by atoms with Crippen molar-refractivity contribution in [2.75, 3.05) is 6.54 Å². The van der Waals surface area contributed by atoms with Gasteiger partial charge in [0.25, 0.3) is 5.91 Å². The zero-order valence-corrected chi connectivity index (χ0v) is 11.1. The van der Waals surface area contributed by atoms with Gasteiger partial charge in [0.2, 0.25) is 0 Å². The van der Waals surface area contributed by atoms with E-state index < -0.39 is 0 Å². The lowest BCUT2D eigenvalue weighted by Crippen LogP contribution is -2.25. The average Bonchev–Trinajstić information content (AvgIpc) is 2.79. The molecule has 4 heteroatoms. The largest absolute Gasteiger partial charge is 0.351 e. The highest BCUT2D eigenvalue weighted by Crippen LogP contribution is 2.22. The highest BCUT2D eigenvalue weighted by atomic mass is 19.1. The predicted octanol–water partition coefficient (Wildman–Crippen LogP) is 2.97. The first kappa shape index (κ1) is 13.3. The first-order valence-electron chi connectivity index (χ1n) is 6.32. The first-order chi connectivity index (χ1) is 9.11. The van der Waals surface area contributed by atoms with Crippen molar-refractivity contribution in [1.29, 1.82) is 0 Å². The van der Waals surface area contributed by atoms with Gasteiger partial charge in [-0.15, -0.1) is 0 Å². The molecule has 0 aliphatic heterocycles. The number of halogens is 1. The van der Waals surface area contributed by atoms with Crippen LogP contribution in [0.3, 0.4) is 0 Å². The van der Waals surface area contributed by atoms with Gasteiger partial charge in [-0.1, -0.05) is 19.1 Å². The second-order valence-corrected chi connectivity index (χ2v) is 4.49. The molecule has 2 rings (SSSR count). The quantitative estimate of drug-likeness (QED) is 0.901. The minimum Gasteiger partial charge on any atom is -0.351 e. The van der Waals surface area contributed by atoms with Gasteiger partial charge >= 0.3 is 0 Å². The molecular weight excluding hydrogens is 243 g/mol.